The molecule has 0 saturated carbocycles. The maximum atomic E-state index is 14.3. The minimum absolute atomic E-state index is 0.0652. The Morgan fingerprint density at radius 3 is 2.68 bits per heavy atom. The molecule has 1 aromatic heterocycles. The van der Waals surface area contributed by atoms with Crippen LogP contribution in [0, 0.1) is 5.82 Å². The Morgan fingerprint density at radius 2 is 2.00 bits per heavy atom. The summed E-state index contributed by atoms with van der Waals surface area (Å²) in [7, 11) is 3.63. The Kier molecular flexibility index (Phi) is 5.65. The lowest BCUT2D eigenvalue weighted by molar-refractivity contribution is 0.328. The first-order valence-corrected chi connectivity index (χ1v) is 8.68. The van der Waals surface area contributed by atoms with E-state index >= 15 is 0 Å². The summed E-state index contributed by atoms with van der Waals surface area (Å²) in [5.41, 5.74) is 6.11. The maximum Gasteiger partial charge on any atom is 0.235 e. The SMILES string of the molecule is CN(C)c1ccc(/C=C/c2oc3cc(OCCN)ccc3c(=O)c2O)c(F)c1. The second-order valence-electron chi connectivity index (χ2n) is 6.37. The van der Waals surface area contributed by atoms with Crippen LogP contribution in [0.1, 0.15) is 11.3 Å². The Balaban J connectivity index is 1.99. The number of anilines is 1. The van der Waals surface area contributed by atoms with Crippen LogP contribution < -0.4 is 20.8 Å². The molecule has 3 rings (SSSR count). The van der Waals surface area contributed by atoms with Crippen molar-refractivity contribution >= 4 is 28.8 Å². The van der Waals surface area contributed by atoms with Crippen molar-refractivity contribution in [2.45, 2.75) is 0 Å². The first-order chi connectivity index (χ1) is 13.4. The monoisotopic (exact) mass is 384 g/mol. The zero-order valence-corrected chi connectivity index (χ0v) is 15.6. The fraction of sp³-hybridized carbons (Fsp3) is 0.190. The summed E-state index contributed by atoms with van der Waals surface area (Å²) >= 11 is 0. The van der Waals surface area contributed by atoms with E-state index in [1.54, 1.807) is 29.2 Å². The number of aromatic hydroxyl groups is 1. The first-order valence-electron chi connectivity index (χ1n) is 8.68. The lowest BCUT2D eigenvalue weighted by Crippen LogP contribution is -2.10. The molecule has 28 heavy (non-hydrogen) atoms. The minimum atomic E-state index is -0.574. The molecular weight excluding hydrogens is 363 g/mol. The minimum Gasteiger partial charge on any atom is -0.502 e. The molecule has 0 saturated heterocycles. The van der Waals surface area contributed by atoms with E-state index in [-0.39, 0.29) is 16.7 Å². The highest BCUT2D eigenvalue weighted by Crippen LogP contribution is 2.26. The first kappa shape index (κ1) is 19.4. The molecule has 0 unspecified atom stereocenters. The van der Waals surface area contributed by atoms with Gasteiger partial charge >= 0.3 is 0 Å². The van der Waals surface area contributed by atoms with Gasteiger partial charge in [0.15, 0.2) is 5.76 Å². The highest BCUT2D eigenvalue weighted by molar-refractivity contribution is 5.82. The van der Waals surface area contributed by atoms with E-state index in [1.165, 1.54) is 24.3 Å². The van der Waals surface area contributed by atoms with Crippen LogP contribution in [0.5, 0.6) is 11.5 Å². The van der Waals surface area contributed by atoms with Crippen LogP contribution in [-0.4, -0.2) is 32.4 Å². The summed E-state index contributed by atoms with van der Waals surface area (Å²) in [6.45, 7) is 0.673. The fourth-order valence-corrected chi connectivity index (χ4v) is 2.66. The normalized spacial score (nSPS) is 11.3. The third kappa shape index (κ3) is 3.99. The van der Waals surface area contributed by atoms with Crippen LogP contribution in [0.2, 0.25) is 0 Å². The summed E-state index contributed by atoms with van der Waals surface area (Å²) < 4.78 is 25.3. The largest absolute Gasteiger partial charge is 0.502 e. The van der Waals surface area contributed by atoms with Crippen molar-refractivity contribution in [3.63, 3.8) is 0 Å². The number of nitrogens with zero attached hydrogens (tertiary/aromatic N) is 1. The van der Waals surface area contributed by atoms with Gasteiger partial charge in [-0.05, 0) is 42.5 Å². The standard InChI is InChI=1S/C21H21FN2O4/c1-24(2)14-5-3-13(17(22)11-14)4-8-18-21(26)20(25)16-7-6-15(27-10-9-23)12-19(16)28-18/h3-8,11-12,26H,9-10,23H2,1-2H3/b8-4+. The molecule has 0 aliphatic rings. The van der Waals surface area contributed by atoms with Gasteiger partial charge in [-0.15, -0.1) is 0 Å². The van der Waals surface area contributed by atoms with Crippen LogP contribution in [-0.2, 0) is 0 Å². The average molecular weight is 384 g/mol. The van der Waals surface area contributed by atoms with Crippen molar-refractivity contribution in [3.05, 3.63) is 63.8 Å². The van der Waals surface area contributed by atoms with Crippen molar-refractivity contribution in [1.29, 1.82) is 0 Å². The van der Waals surface area contributed by atoms with Gasteiger partial charge in [-0.25, -0.2) is 4.39 Å². The Hall–Kier alpha value is -3.32. The average Bonchev–Trinajstić information content (AvgIpc) is 2.68. The molecule has 0 radical (unpaired) electrons. The molecule has 7 heteroatoms. The van der Waals surface area contributed by atoms with Gasteiger partial charge in [-0.3, -0.25) is 4.79 Å². The van der Waals surface area contributed by atoms with Crippen molar-refractivity contribution in [1.82, 2.24) is 0 Å². The Labute approximate surface area is 161 Å². The van der Waals surface area contributed by atoms with Crippen LogP contribution in [0.25, 0.3) is 23.1 Å². The molecule has 2 aromatic carbocycles. The van der Waals surface area contributed by atoms with Gasteiger partial charge in [-0.1, -0.05) is 0 Å². The second-order valence-corrected chi connectivity index (χ2v) is 6.37. The zero-order chi connectivity index (χ0) is 20.3. The van der Waals surface area contributed by atoms with E-state index in [9.17, 15) is 14.3 Å². The number of benzene rings is 2. The fourth-order valence-electron chi connectivity index (χ4n) is 2.66. The number of hydrogen-bond acceptors (Lipinski definition) is 6. The Bertz CT molecular complexity index is 1090. The van der Waals surface area contributed by atoms with Gasteiger partial charge in [0.2, 0.25) is 11.2 Å². The smallest absolute Gasteiger partial charge is 0.235 e. The van der Waals surface area contributed by atoms with Crippen molar-refractivity contribution in [3.8, 4) is 11.5 Å². The van der Waals surface area contributed by atoms with Crippen LogP contribution in [0.4, 0.5) is 10.1 Å². The number of rotatable bonds is 6. The summed E-state index contributed by atoms with van der Waals surface area (Å²) in [4.78, 5) is 14.2. The zero-order valence-electron chi connectivity index (χ0n) is 15.6. The summed E-state index contributed by atoms with van der Waals surface area (Å²) in [6, 6.07) is 9.44. The molecule has 3 N–H and O–H groups in total. The highest BCUT2D eigenvalue weighted by atomic mass is 19.1. The van der Waals surface area contributed by atoms with Gasteiger partial charge < -0.3 is 24.9 Å². The number of nitrogens with two attached hydrogens (primary N) is 1. The van der Waals surface area contributed by atoms with Crippen molar-refractivity contribution in [2.75, 3.05) is 32.1 Å². The number of ether oxygens (including phenoxy) is 1. The lowest BCUT2D eigenvalue weighted by Gasteiger charge is -2.12. The quantitative estimate of drug-likeness (QED) is 0.678. The van der Waals surface area contributed by atoms with E-state index in [0.717, 1.165) is 5.69 Å². The van der Waals surface area contributed by atoms with E-state index in [4.69, 9.17) is 14.9 Å². The van der Waals surface area contributed by atoms with Gasteiger partial charge in [0.1, 0.15) is 23.8 Å². The molecule has 0 aliphatic carbocycles. The molecule has 3 aromatic rings. The number of halogens is 1. The van der Waals surface area contributed by atoms with E-state index in [2.05, 4.69) is 0 Å². The molecule has 0 bridgehead atoms. The third-order valence-corrected chi connectivity index (χ3v) is 4.17. The predicted octanol–water partition coefficient (Wildman–Crippen LogP) is 3.21. The van der Waals surface area contributed by atoms with Gasteiger partial charge in [0.05, 0.1) is 5.39 Å². The van der Waals surface area contributed by atoms with Crippen molar-refractivity contribution in [2.24, 2.45) is 5.73 Å². The van der Waals surface area contributed by atoms with Crippen LogP contribution in [0.15, 0.2) is 45.6 Å². The molecule has 0 amide bonds. The predicted molar refractivity (Wildman–Crippen MR) is 108 cm³/mol. The lowest BCUT2D eigenvalue weighted by atomic mass is 10.1. The molecule has 6 nitrogen and oxygen atoms in total. The summed E-state index contributed by atoms with van der Waals surface area (Å²) in [6.07, 6.45) is 2.80. The van der Waals surface area contributed by atoms with E-state index in [1.807, 2.05) is 14.1 Å². The second kappa shape index (κ2) is 8.14. The molecular formula is C21H21FN2O4. The van der Waals surface area contributed by atoms with Crippen LogP contribution in [0.3, 0.4) is 0 Å². The van der Waals surface area contributed by atoms with Gasteiger partial charge in [0.25, 0.3) is 0 Å². The van der Waals surface area contributed by atoms with Gasteiger partial charge in [0, 0.05) is 38.0 Å². The number of hydrogen-bond donors (Lipinski definition) is 2. The third-order valence-electron chi connectivity index (χ3n) is 4.17. The molecule has 0 atom stereocenters. The number of fused-ring (bicyclic) bond motifs is 1. The Morgan fingerprint density at radius 1 is 1.21 bits per heavy atom. The molecule has 0 fully saturated rings. The topological polar surface area (TPSA) is 88.9 Å². The summed E-state index contributed by atoms with van der Waals surface area (Å²) in [5.74, 6) is -0.538. The summed E-state index contributed by atoms with van der Waals surface area (Å²) in [5, 5.41) is 10.4. The van der Waals surface area contributed by atoms with Crippen molar-refractivity contribution < 1.29 is 18.7 Å². The highest BCUT2D eigenvalue weighted by Gasteiger charge is 2.13. The van der Waals surface area contributed by atoms with Crippen LogP contribution >= 0.6 is 0 Å². The molecule has 0 aliphatic heterocycles. The van der Waals surface area contributed by atoms with E-state index < -0.39 is 17.0 Å². The maximum absolute atomic E-state index is 14.3. The molecule has 146 valence electrons. The van der Waals surface area contributed by atoms with Gasteiger partial charge in [-0.2, -0.15) is 0 Å². The van der Waals surface area contributed by atoms with E-state index in [0.29, 0.717) is 24.5 Å². The molecule has 1 heterocycles. The molecule has 0 spiro atoms.